The van der Waals surface area contributed by atoms with E-state index < -0.39 is 6.03 Å². The summed E-state index contributed by atoms with van der Waals surface area (Å²) in [6, 6.07) is 15.4. The van der Waals surface area contributed by atoms with E-state index in [9.17, 15) is 9.59 Å². The van der Waals surface area contributed by atoms with Crippen molar-refractivity contribution >= 4 is 23.5 Å². The third-order valence-corrected chi connectivity index (χ3v) is 3.82. The molecule has 0 aliphatic carbocycles. The maximum Gasteiger partial charge on any atom is 0.336 e. The number of hydrogen-bond acceptors (Lipinski definition) is 2. The highest BCUT2D eigenvalue weighted by Crippen LogP contribution is 2.20. The van der Waals surface area contributed by atoms with Crippen LogP contribution in [0.5, 0.6) is 0 Å². The van der Waals surface area contributed by atoms with Gasteiger partial charge in [-0.05, 0) is 36.8 Å². The minimum atomic E-state index is -0.406. The van der Waals surface area contributed by atoms with Crippen molar-refractivity contribution in [2.45, 2.75) is 13.0 Å². The quantitative estimate of drug-likeness (QED) is 0.847. The first kappa shape index (κ1) is 16.8. The van der Waals surface area contributed by atoms with E-state index in [0.717, 1.165) is 5.56 Å². The maximum absolute atomic E-state index is 12.1. The molecule has 0 saturated carbocycles. The van der Waals surface area contributed by atoms with Crippen molar-refractivity contribution in [1.29, 1.82) is 0 Å². The first-order chi connectivity index (χ1) is 11.0. The van der Waals surface area contributed by atoms with E-state index in [2.05, 4.69) is 10.9 Å². The summed E-state index contributed by atoms with van der Waals surface area (Å²) in [6.45, 7) is 1.89. The lowest BCUT2D eigenvalue weighted by molar-refractivity contribution is 0.0929. The van der Waals surface area contributed by atoms with Crippen LogP contribution in [0.4, 0.5) is 4.79 Å². The van der Waals surface area contributed by atoms with Gasteiger partial charge in [-0.1, -0.05) is 41.9 Å². The summed E-state index contributed by atoms with van der Waals surface area (Å²) in [5, 5.41) is 0.642. The first-order valence-corrected chi connectivity index (χ1v) is 7.50. The van der Waals surface area contributed by atoms with Gasteiger partial charge in [-0.15, -0.1) is 0 Å². The summed E-state index contributed by atoms with van der Waals surface area (Å²) in [4.78, 5) is 25.5. The molecule has 2 N–H and O–H groups in total. The second-order valence-corrected chi connectivity index (χ2v) is 5.53. The molecular weight excluding hydrogens is 314 g/mol. The molecule has 0 aromatic heterocycles. The highest BCUT2D eigenvalue weighted by molar-refractivity contribution is 6.30. The average Bonchev–Trinajstić information content (AvgIpc) is 2.59. The van der Waals surface area contributed by atoms with Gasteiger partial charge in [0.25, 0.3) is 5.91 Å². The average molecular weight is 332 g/mol. The molecule has 2 aromatic rings. The van der Waals surface area contributed by atoms with Crippen molar-refractivity contribution in [3.63, 3.8) is 0 Å². The lowest BCUT2D eigenvalue weighted by atomic mass is 10.1. The van der Waals surface area contributed by atoms with Gasteiger partial charge in [0.1, 0.15) is 0 Å². The first-order valence-electron chi connectivity index (χ1n) is 7.12. The Balaban J connectivity index is 1.92. The molecule has 120 valence electrons. The van der Waals surface area contributed by atoms with Gasteiger partial charge in [0.05, 0.1) is 6.04 Å². The largest absolute Gasteiger partial charge is 0.336 e. The van der Waals surface area contributed by atoms with Crippen LogP contribution in [0.25, 0.3) is 0 Å². The molecule has 5 nitrogen and oxygen atoms in total. The zero-order valence-electron chi connectivity index (χ0n) is 12.9. The van der Waals surface area contributed by atoms with Crippen molar-refractivity contribution in [3.05, 3.63) is 70.7 Å². The summed E-state index contributed by atoms with van der Waals surface area (Å²) >= 11 is 5.86. The molecule has 3 amide bonds. The topological polar surface area (TPSA) is 61.4 Å². The number of halogens is 1. The number of carbonyl (C=O) groups excluding carboxylic acids is 2. The molecule has 0 saturated heterocycles. The van der Waals surface area contributed by atoms with Gasteiger partial charge in [-0.25, -0.2) is 10.2 Å². The van der Waals surface area contributed by atoms with E-state index >= 15 is 0 Å². The van der Waals surface area contributed by atoms with Crippen molar-refractivity contribution in [2.24, 2.45) is 0 Å². The number of hydrogen-bond donors (Lipinski definition) is 2. The zero-order valence-corrected chi connectivity index (χ0v) is 13.7. The van der Waals surface area contributed by atoms with Crippen LogP contribution in [0, 0.1) is 0 Å². The number of amides is 3. The van der Waals surface area contributed by atoms with Gasteiger partial charge in [0.2, 0.25) is 0 Å². The Kier molecular flexibility index (Phi) is 5.60. The lowest BCUT2D eigenvalue weighted by Crippen LogP contribution is -2.48. The van der Waals surface area contributed by atoms with E-state index in [0.29, 0.717) is 10.6 Å². The SMILES string of the molecule is CC(c1ccc(Cl)cc1)N(C)C(=O)NNC(=O)c1ccccc1. The molecule has 0 aliphatic heterocycles. The van der Waals surface area contributed by atoms with Crippen molar-refractivity contribution < 1.29 is 9.59 Å². The van der Waals surface area contributed by atoms with Crippen LogP contribution in [0.2, 0.25) is 5.02 Å². The Labute approximate surface area is 140 Å². The Hall–Kier alpha value is -2.53. The summed E-state index contributed by atoms with van der Waals surface area (Å²) in [6.07, 6.45) is 0. The fourth-order valence-electron chi connectivity index (χ4n) is 2.00. The number of nitrogens with one attached hydrogen (secondary N) is 2. The van der Waals surface area contributed by atoms with Gasteiger partial charge in [0, 0.05) is 17.6 Å². The molecule has 2 rings (SSSR count). The number of nitrogens with zero attached hydrogens (tertiary/aromatic N) is 1. The molecule has 0 fully saturated rings. The summed E-state index contributed by atoms with van der Waals surface area (Å²) in [7, 11) is 1.66. The molecule has 0 aliphatic rings. The summed E-state index contributed by atoms with van der Waals surface area (Å²) in [5.74, 6) is -0.369. The second-order valence-electron chi connectivity index (χ2n) is 5.09. The van der Waals surface area contributed by atoms with Gasteiger partial charge >= 0.3 is 6.03 Å². The molecule has 6 heteroatoms. The highest BCUT2D eigenvalue weighted by Gasteiger charge is 2.18. The molecule has 0 heterocycles. The number of benzene rings is 2. The molecule has 2 aromatic carbocycles. The normalized spacial score (nSPS) is 11.4. The fraction of sp³-hybridized carbons (Fsp3) is 0.176. The minimum absolute atomic E-state index is 0.166. The Morgan fingerprint density at radius 1 is 1.00 bits per heavy atom. The molecular formula is C17H18ClN3O2. The van der Waals surface area contributed by atoms with E-state index in [-0.39, 0.29) is 11.9 Å². The van der Waals surface area contributed by atoms with Gasteiger partial charge in [0.15, 0.2) is 0 Å². The molecule has 0 spiro atoms. The summed E-state index contributed by atoms with van der Waals surface area (Å²) < 4.78 is 0. The van der Waals surface area contributed by atoms with Crippen LogP contribution in [-0.4, -0.2) is 23.9 Å². The Bertz CT molecular complexity index is 674. The molecule has 1 atom stereocenters. The highest BCUT2D eigenvalue weighted by atomic mass is 35.5. The van der Waals surface area contributed by atoms with E-state index in [1.54, 1.807) is 43.4 Å². The van der Waals surface area contributed by atoms with E-state index in [1.807, 2.05) is 25.1 Å². The zero-order chi connectivity index (χ0) is 16.8. The number of rotatable bonds is 3. The summed E-state index contributed by atoms with van der Waals surface area (Å²) in [5.41, 5.74) is 6.22. The molecule has 23 heavy (non-hydrogen) atoms. The number of hydrazine groups is 1. The van der Waals surface area contributed by atoms with Gasteiger partial charge in [-0.2, -0.15) is 0 Å². The van der Waals surface area contributed by atoms with Crippen LogP contribution in [-0.2, 0) is 0 Å². The van der Waals surface area contributed by atoms with Crippen LogP contribution < -0.4 is 10.9 Å². The Morgan fingerprint density at radius 2 is 1.61 bits per heavy atom. The predicted molar refractivity (Wildman–Crippen MR) is 90.1 cm³/mol. The van der Waals surface area contributed by atoms with Crippen LogP contribution >= 0.6 is 11.6 Å². The van der Waals surface area contributed by atoms with E-state index in [1.165, 1.54) is 4.90 Å². The van der Waals surface area contributed by atoms with Crippen molar-refractivity contribution in [1.82, 2.24) is 15.8 Å². The van der Waals surface area contributed by atoms with Gasteiger partial charge in [-0.3, -0.25) is 10.2 Å². The third-order valence-electron chi connectivity index (χ3n) is 3.57. The Morgan fingerprint density at radius 3 is 2.22 bits per heavy atom. The van der Waals surface area contributed by atoms with Crippen molar-refractivity contribution in [2.75, 3.05) is 7.05 Å². The molecule has 1 unspecified atom stereocenters. The standard InChI is InChI=1S/C17H18ClN3O2/c1-12(13-8-10-15(18)11-9-13)21(2)17(23)20-19-16(22)14-6-4-3-5-7-14/h3-12H,1-2H3,(H,19,22)(H,20,23). The van der Waals surface area contributed by atoms with Crippen LogP contribution in [0.3, 0.4) is 0 Å². The predicted octanol–water partition coefficient (Wildman–Crippen LogP) is 3.39. The molecule has 0 radical (unpaired) electrons. The monoisotopic (exact) mass is 331 g/mol. The van der Waals surface area contributed by atoms with Crippen LogP contribution in [0.15, 0.2) is 54.6 Å². The maximum atomic E-state index is 12.1. The van der Waals surface area contributed by atoms with Crippen LogP contribution in [0.1, 0.15) is 28.9 Å². The van der Waals surface area contributed by atoms with Crippen molar-refractivity contribution in [3.8, 4) is 0 Å². The fourth-order valence-corrected chi connectivity index (χ4v) is 2.13. The van der Waals surface area contributed by atoms with Gasteiger partial charge < -0.3 is 4.90 Å². The third kappa shape index (κ3) is 4.47. The molecule has 0 bridgehead atoms. The number of carbonyl (C=O) groups is 2. The van der Waals surface area contributed by atoms with E-state index in [4.69, 9.17) is 11.6 Å². The number of urea groups is 1. The minimum Gasteiger partial charge on any atom is -0.320 e. The lowest BCUT2D eigenvalue weighted by Gasteiger charge is -2.25. The smallest absolute Gasteiger partial charge is 0.320 e. The second kappa shape index (κ2) is 7.65.